The van der Waals surface area contributed by atoms with E-state index in [-0.39, 0.29) is 5.75 Å². The number of halogens is 1. The lowest BCUT2D eigenvalue weighted by Gasteiger charge is -2.06. The predicted molar refractivity (Wildman–Crippen MR) is 72.9 cm³/mol. The maximum absolute atomic E-state index is 9.21. The molecule has 0 heterocycles. The lowest BCUT2D eigenvalue weighted by molar-refractivity contribution is 0.411. The second-order valence-electron chi connectivity index (χ2n) is 3.39. The minimum Gasteiger partial charge on any atom is -0.508 e. The van der Waals surface area contributed by atoms with Gasteiger partial charge in [-0.3, -0.25) is 0 Å². The van der Waals surface area contributed by atoms with Crippen molar-refractivity contribution in [2.75, 3.05) is 7.11 Å². The van der Waals surface area contributed by atoms with E-state index in [1.54, 1.807) is 31.0 Å². The van der Waals surface area contributed by atoms with Crippen molar-refractivity contribution in [2.45, 2.75) is 9.79 Å². The van der Waals surface area contributed by atoms with Gasteiger partial charge in [-0.2, -0.15) is 0 Å². The van der Waals surface area contributed by atoms with Gasteiger partial charge in [-0.1, -0.05) is 11.8 Å². The van der Waals surface area contributed by atoms with Gasteiger partial charge in [-0.15, -0.1) is 0 Å². The van der Waals surface area contributed by atoms with Crippen molar-refractivity contribution in [1.82, 2.24) is 0 Å². The molecule has 0 spiro atoms. The maximum atomic E-state index is 9.21. The first kappa shape index (κ1) is 12.3. The highest BCUT2D eigenvalue weighted by atomic mass is 79.9. The van der Waals surface area contributed by atoms with E-state index in [1.165, 1.54) is 0 Å². The Bertz CT molecular complexity index is 511. The Morgan fingerprint density at radius 1 is 1.06 bits per heavy atom. The largest absolute Gasteiger partial charge is 0.508 e. The first-order chi connectivity index (χ1) is 8.19. The minimum absolute atomic E-state index is 0.280. The van der Waals surface area contributed by atoms with Crippen LogP contribution < -0.4 is 4.74 Å². The van der Waals surface area contributed by atoms with Crippen LogP contribution in [0.15, 0.2) is 56.7 Å². The highest BCUT2D eigenvalue weighted by molar-refractivity contribution is 9.10. The molecule has 2 aromatic rings. The highest BCUT2D eigenvalue weighted by Gasteiger charge is 2.03. The number of phenolic OH excluding ortho intramolecular Hbond substituents is 1. The quantitative estimate of drug-likeness (QED) is 0.915. The Labute approximate surface area is 113 Å². The molecule has 0 radical (unpaired) electrons. The van der Waals surface area contributed by atoms with Crippen LogP contribution in [-0.2, 0) is 0 Å². The Hall–Kier alpha value is -1.13. The summed E-state index contributed by atoms with van der Waals surface area (Å²) in [5.74, 6) is 1.09. The molecular weight excluding hydrogens is 300 g/mol. The van der Waals surface area contributed by atoms with Crippen LogP contribution in [0.1, 0.15) is 0 Å². The summed E-state index contributed by atoms with van der Waals surface area (Å²) in [7, 11) is 1.65. The topological polar surface area (TPSA) is 29.5 Å². The van der Waals surface area contributed by atoms with E-state index in [9.17, 15) is 5.11 Å². The second-order valence-corrected chi connectivity index (χ2v) is 5.39. The molecule has 0 saturated carbocycles. The molecule has 2 nitrogen and oxygen atoms in total. The summed E-state index contributed by atoms with van der Waals surface area (Å²) in [4.78, 5) is 2.17. The number of hydrogen-bond donors (Lipinski definition) is 1. The molecule has 17 heavy (non-hydrogen) atoms. The van der Waals surface area contributed by atoms with Gasteiger partial charge in [-0.05, 0) is 58.4 Å². The fourth-order valence-electron chi connectivity index (χ4n) is 1.35. The smallest absolute Gasteiger partial charge is 0.134 e. The fourth-order valence-corrected chi connectivity index (χ4v) is 2.61. The highest BCUT2D eigenvalue weighted by Crippen LogP contribution is 2.34. The first-order valence-corrected chi connectivity index (χ1v) is 6.60. The monoisotopic (exact) mass is 310 g/mol. The summed E-state index contributed by atoms with van der Waals surface area (Å²) in [6, 6.07) is 13.1. The van der Waals surface area contributed by atoms with Crippen LogP contribution >= 0.6 is 27.7 Å². The molecule has 0 fully saturated rings. The summed E-state index contributed by atoms with van der Waals surface area (Å²) in [6.45, 7) is 0. The molecule has 2 aromatic carbocycles. The number of phenols is 1. The van der Waals surface area contributed by atoms with Crippen molar-refractivity contribution in [2.24, 2.45) is 0 Å². The molecule has 0 aromatic heterocycles. The van der Waals surface area contributed by atoms with Crippen LogP contribution in [0.2, 0.25) is 0 Å². The van der Waals surface area contributed by atoms with E-state index in [0.717, 1.165) is 20.0 Å². The Morgan fingerprint density at radius 3 is 2.35 bits per heavy atom. The average molecular weight is 311 g/mol. The van der Waals surface area contributed by atoms with Gasteiger partial charge < -0.3 is 9.84 Å². The van der Waals surface area contributed by atoms with E-state index in [2.05, 4.69) is 15.9 Å². The zero-order valence-electron chi connectivity index (χ0n) is 9.18. The van der Waals surface area contributed by atoms with Gasteiger partial charge >= 0.3 is 0 Å². The lowest BCUT2D eigenvalue weighted by Crippen LogP contribution is -1.84. The van der Waals surface area contributed by atoms with E-state index in [4.69, 9.17) is 4.74 Å². The number of rotatable bonds is 3. The minimum atomic E-state index is 0.280. The molecular formula is C13H11BrO2S. The van der Waals surface area contributed by atoms with Crippen LogP contribution in [0.3, 0.4) is 0 Å². The van der Waals surface area contributed by atoms with E-state index >= 15 is 0 Å². The summed E-state index contributed by atoms with van der Waals surface area (Å²) in [5.41, 5.74) is 0. The molecule has 0 atom stereocenters. The zero-order valence-corrected chi connectivity index (χ0v) is 11.6. The van der Waals surface area contributed by atoms with Gasteiger partial charge in [0.05, 0.1) is 11.6 Å². The van der Waals surface area contributed by atoms with E-state index < -0.39 is 0 Å². The van der Waals surface area contributed by atoms with Gasteiger partial charge in [-0.25, -0.2) is 0 Å². The Balaban J connectivity index is 2.21. The molecule has 2 rings (SSSR count). The summed E-state index contributed by atoms with van der Waals surface area (Å²) in [6.07, 6.45) is 0. The molecule has 0 aliphatic carbocycles. The second kappa shape index (κ2) is 5.47. The fraction of sp³-hybridized carbons (Fsp3) is 0.0769. The number of benzene rings is 2. The Morgan fingerprint density at radius 2 is 1.71 bits per heavy atom. The van der Waals surface area contributed by atoms with Gasteiger partial charge in [0.2, 0.25) is 0 Å². The van der Waals surface area contributed by atoms with Crippen molar-refractivity contribution >= 4 is 27.7 Å². The SMILES string of the molecule is COc1cc(Sc2ccc(O)cc2)ccc1Br. The van der Waals surface area contributed by atoms with Gasteiger partial charge in [0.25, 0.3) is 0 Å². The molecule has 0 unspecified atom stereocenters. The van der Waals surface area contributed by atoms with Crippen molar-refractivity contribution in [3.8, 4) is 11.5 Å². The summed E-state index contributed by atoms with van der Waals surface area (Å²) < 4.78 is 6.18. The van der Waals surface area contributed by atoms with E-state index in [0.29, 0.717) is 0 Å². The van der Waals surface area contributed by atoms with Crippen LogP contribution in [0.25, 0.3) is 0 Å². The maximum Gasteiger partial charge on any atom is 0.134 e. The number of methoxy groups -OCH3 is 1. The molecule has 0 aliphatic rings. The van der Waals surface area contributed by atoms with Crippen molar-refractivity contribution in [3.05, 3.63) is 46.9 Å². The normalized spacial score (nSPS) is 10.2. The third-order valence-electron chi connectivity index (χ3n) is 2.20. The number of hydrogen-bond acceptors (Lipinski definition) is 3. The van der Waals surface area contributed by atoms with Gasteiger partial charge in [0.15, 0.2) is 0 Å². The van der Waals surface area contributed by atoms with Crippen molar-refractivity contribution in [3.63, 3.8) is 0 Å². The van der Waals surface area contributed by atoms with E-state index in [1.807, 2.05) is 30.3 Å². The average Bonchev–Trinajstić information content (AvgIpc) is 2.34. The van der Waals surface area contributed by atoms with Crippen LogP contribution in [0.4, 0.5) is 0 Å². The standard InChI is InChI=1S/C13H11BrO2S/c1-16-13-8-11(6-7-12(13)14)17-10-4-2-9(15)3-5-10/h2-8,15H,1H3. The number of ether oxygens (including phenoxy) is 1. The molecule has 4 heteroatoms. The number of aromatic hydroxyl groups is 1. The first-order valence-electron chi connectivity index (χ1n) is 4.99. The predicted octanol–water partition coefficient (Wildman–Crippen LogP) is 4.31. The third kappa shape index (κ3) is 3.17. The molecule has 0 aliphatic heterocycles. The molecule has 88 valence electrons. The van der Waals surface area contributed by atoms with Crippen molar-refractivity contribution in [1.29, 1.82) is 0 Å². The summed E-state index contributed by atoms with van der Waals surface area (Å²) >= 11 is 5.04. The van der Waals surface area contributed by atoms with Crippen LogP contribution in [0.5, 0.6) is 11.5 Å². The van der Waals surface area contributed by atoms with Crippen molar-refractivity contribution < 1.29 is 9.84 Å². The molecule has 0 amide bonds. The van der Waals surface area contributed by atoms with Crippen LogP contribution in [0, 0.1) is 0 Å². The van der Waals surface area contributed by atoms with Gasteiger partial charge in [0.1, 0.15) is 11.5 Å². The molecule has 0 saturated heterocycles. The molecule has 1 N–H and O–H groups in total. The summed E-state index contributed by atoms with van der Waals surface area (Å²) in [5, 5.41) is 9.21. The third-order valence-corrected chi connectivity index (χ3v) is 3.85. The lowest BCUT2D eigenvalue weighted by atomic mass is 10.3. The van der Waals surface area contributed by atoms with Gasteiger partial charge in [0, 0.05) is 9.79 Å². The molecule has 0 bridgehead atoms. The van der Waals surface area contributed by atoms with Crippen LogP contribution in [-0.4, -0.2) is 12.2 Å². The zero-order chi connectivity index (χ0) is 12.3. The Kier molecular flexibility index (Phi) is 3.97.